The molecule has 1 aromatic rings. The standard InChI is InChI=1S/C12H11Br5O/c1-2-3-18-12-10(16)5-9(15)8(11(12)17)4-7(14)6-13/h2,5,7H,1,3-4,6H2. The van der Waals surface area contributed by atoms with Gasteiger partial charge >= 0.3 is 0 Å². The molecule has 0 saturated heterocycles. The van der Waals surface area contributed by atoms with E-state index < -0.39 is 0 Å². The van der Waals surface area contributed by atoms with E-state index in [1.54, 1.807) is 6.08 Å². The first-order chi connectivity index (χ1) is 8.51. The first-order valence-electron chi connectivity index (χ1n) is 5.11. The third kappa shape index (κ3) is 4.62. The minimum absolute atomic E-state index is 0.374. The van der Waals surface area contributed by atoms with E-state index in [9.17, 15) is 0 Å². The fourth-order valence-corrected chi connectivity index (χ4v) is 4.57. The lowest BCUT2D eigenvalue weighted by molar-refractivity contribution is 0.358. The second kappa shape index (κ2) is 8.45. The molecule has 0 aliphatic heterocycles. The van der Waals surface area contributed by atoms with Gasteiger partial charge in [0.15, 0.2) is 0 Å². The summed E-state index contributed by atoms with van der Waals surface area (Å²) >= 11 is 17.8. The molecule has 18 heavy (non-hydrogen) atoms. The molecule has 0 bridgehead atoms. The van der Waals surface area contributed by atoms with Crippen LogP contribution in [0.5, 0.6) is 5.75 Å². The van der Waals surface area contributed by atoms with Gasteiger partial charge < -0.3 is 4.74 Å². The monoisotopic (exact) mass is 566 g/mol. The highest BCUT2D eigenvalue weighted by Gasteiger charge is 2.17. The minimum atomic E-state index is 0.374. The van der Waals surface area contributed by atoms with Gasteiger partial charge in [-0.05, 0) is 49.9 Å². The Kier molecular flexibility index (Phi) is 8.08. The third-order valence-corrected chi connectivity index (χ3v) is 6.59. The Morgan fingerprint density at radius 3 is 2.50 bits per heavy atom. The Hall–Kier alpha value is 1.16. The van der Waals surface area contributed by atoms with Gasteiger partial charge in [-0.2, -0.15) is 0 Å². The second-order valence-corrected chi connectivity index (χ2v) is 7.96. The molecule has 0 N–H and O–H groups in total. The summed E-state index contributed by atoms with van der Waals surface area (Å²) in [5.74, 6) is 0.808. The molecule has 0 heterocycles. The smallest absolute Gasteiger partial charge is 0.148 e. The normalized spacial score (nSPS) is 12.3. The summed E-state index contributed by atoms with van der Waals surface area (Å²) < 4.78 is 8.60. The summed E-state index contributed by atoms with van der Waals surface area (Å²) in [5.41, 5.74) is 1.18. The summed E-state index contributed by atoms with van der Waals surface area (Å²) in [6, 6.07) is 2.01. The summed E-state index contributed by atoms with van der Waals surface area (Å²) in [4.78, 5) is 0.374. The van der Waals surface area contributed by atoms with Gasteiger partial charge in [0, 0.05) is 14.6 Å². The van der Waals surface area contributed by atoms with Crippen molar-refractivity contribution in [3.05, 3.63) is 37.7 Å². The Balaban J connectivity index is 3.13. The van der Waals surface area contributed by atoms with Crippen molar-refractivity contribution in [1.29, 1.82) is 0 Å². The highest BCUT2D eigenvalue weighted by atomic mass is 79.9. The van der Waals surface area contributed by atoms with Gasteiger partial charge in [0.25, 0.3) is 0 Å². The van der Waals surface area contributed by atoms with Gasteiger partial charge in [0.2, 0.25) is 0 Å². The first kappa shape index (κ1) is 17.2. The number of hydrogen-bond donors (Lipinski definition) is 0. The average molecular weight is 571 g/mol. The van der Waals surface area contributed by atoms with Crippen LogP contribution in [0.4, 0.5) is 0 Å². The number of halogens is 5. The molecule has 1 atom stereocenters. The lowest BCUT2D eigenvalue weighted by Gasteiger charge is -2.16. The van der Waals surface area contributed by atoms with Crippen LogP contribution >= 0.6 is 79.6 Å². The van der Waals surface area contributed by atoms with E-state index in [1.807, 2.05) is 6.07 Å². The van der Waals surface area contributed by atoms with E-state index in [-0.39, 0.29) is 0 Å². The van der Waals surface area contributed by atoms with E-state index >= 15 is 0 Å². The molecule has 0 saturated carbocycles. The predicted octanol–water partition coefficient (Wildman–Crippen LogP) is 6.24. The van der Waals surface area contributed by atoms with E-state index in [4.69, 9.17) is 4.74 Å². The third-order valence-electron chi connectivity index (χ3n) is 2.16. The molecule has 1 aromatic carbocycles. The van der Waals surface area contributed by atoms with Crippen LogP contribution in [-0.4, -0.2) is 16.8 Å². The van der Waals surface area contributed by atoms with E-state index in [0.717, 1.165) is 30.9 Å². The predicted molar refractivity (Wildman–Crippen MR) is 95.4 cm³/mol. The van der Waals surface area contributed by atoms with Crippen molar-refractivity contribution >= 4 is 79.6 Å². The zero-order valence-corrected chi connectivity index (χ0v) is 17.3. The number of ether oxygens (including phenoxy) is 1. The molecule has 1 rings (SSSR count). The van der Waals surface area contributed by atoms with Gasteiger partial charge in [-0.1, -0.05) is 60.4 Å². The van der Waals surface area contributed by atoms with Gasteiger partial charge in [-0.25, -0.2) is 0 Å². The fraction of sp³-hybridized carbons (Fsp3) is 0.333. The summed E-state index contributed by atoms with van der Waals surface area (Å²) in [7, 11) is 0. The molecule has 0 amide bonds. The highest BCUT2D eigenvalue weighted by molar-refractivity contribution is 9.12. The van der Waals surface area contributed by atoms with Crippen molar-refractivity contribution in [2.75, 3.05) is 11.9 Å². The quantitative estimate of drug-likeness (QED) is 0.291. The van der Waals surface area contributed by atoms with E-state index in [0.29, 0.717) is 11.4 Å². The molecule has 1 nitrogen and oxygen atoms in total. The van der Waals surface area contributed by atoms with Gasteiger partial charge in [0.05, 0.1) is 8.95 Å². The van der Waals surface area contributed by atoms with Crippen LogP contribution < -0.4 is 4.74 Å². The van der Waals surface area contributed by atoms with Crippen molar-refractivity contribution in [2.45, 2.75) is 11.2 Å². The van der Waals surface area contributed by atoms with Gasteiger partial charge in [-0.15, -0.1) is 0 Å². The molecule has 0 spiro atoms. The molecular weight excluding hydrogens is 560 g/mol. The van der Waals surface area contributed by atoms with Crippen molar-refractivity contribution in [2.24, 2.45) is 0 Å². The maximum Gasteiger partial charge on any atom is 0.148 e. The zero-order chi connectivity index (χ0) is 13.7. The van der Waals surface area contributed by atoms with Crippen LogP contribution in [0.3, 0.4) is 0 Å². The van der Waals surface area contributed by atoms with Crippen LogP contribution in [0, 0.1) is 0 Å². The minimum Gasteiger partial charge on any atom is -0.487 e. The van der Waals surface area contributed by atoms with Gasteiger partial charge in [0.1, 0.15) is 12.4 Å². The summed E-state index contributed by atoms with van der Waals surface area (Å²) in [6.07, 6.45) is 2.62. The molecule has 100 valence electrons. The number of benzene rings is 1. The Morgan fingerprint density at radius 2 is 1.94 bits per heavy atom. The van der Waals surface area contributed by atoms with Crippen LogP contribution in [0.15, 0.2) is 32.1 Å². The largest absolute Gasteiger partial charge is 0.487 e. The Labute approximate surface area is 149 Å². The van der Waals surface area contributed by atoms with Crippen molar-refractivity contribution in [1.82, 2.24) is 0 Å². The van der Waals surface area contributed by atoms with E-state index in [1.165, 1.54) is 5.56 Å². The lowest BCUT2D eigenvalue weighted by atomic mass is 10.1. The molecule has 1 unspecified atom stereocenters. The van der Waals surface area contributed by atoms with Crippen LogP contribution in [0.2, 0.25) is 0 Å². The zero-order valence-electron chi connectivity index (χ0n) is 9.36. The van der Waals surface area contributed by atoms with Crippen molar-refractivity contribution in [3.63, 3.8) is 0 Å². The fourth-order valence-electron chi connectivity index (χ4n) is 1.35. The van der Waals surface area contributed by atoms with Crippen LogP contribution in [0.1, 0.15) is 5.56 Å². The number of alkyl halides is 2. The first-order valence-corrected chi connectivity index (χ1v) is 9.53. The maximum absolute atomic E-state index is 5.67. The summed E-state index contributed by atoms with van der Waals surface area (Å²) in [5, 5.41) is 0.894. The highest BCUT2D eigenvalue weighted by Crippen LogP contribution is 2.41. The van der Waals surface area contributed by atoms with Crippen LogP contribution in [-0.2, 0) is 6.42 Å². The number of rotatable bonds is 6. The van der Waals surface area contributed by atoms with Crippen molar-refractivity contribution < 1.29 is 4.74 Å². The lowest BCUT2D eigenvalue weighted by Crippen LogP contribution is -2.06. The van der Waals surface area contributed by atoms with E-state index in [2.05, 4.69) is 86.2 Å². The van der Waals surface area contributed by atoms with Crippen molar-refractivity contribution in [3.8, 4) is 5.75 Å². The maximum atomic E-state index is 5.67. The topological polar surface area (TPSA) is 9.23 Å². The molecule has 0 aromatic heterocycles. The molecule has 0 fully saturated rings. The molecular formula is C12H11Br5O. The molecule has 0 radical (unpaired) electrons. The summed E-state index contributed by atoms with van der Waals surface area (Å²) in [6.45, 7) is 4.14. The van der Waals surface area contributed by atoms with Crippen LogP contribution in [0.25, 0.3) is 0 Å². The second-order valence-electron chi connectivity index (χ2n) is 3.52. The van der Waals surface area contributed by atoms with Gasteiger partial charge in [-0.3, -0.25) is 0 Å². The Morgan fingerprint density at radius 1 is 1.28 bits per heavy atom. The SMILES string of the molecule is C=CCOc1c(Br)cc(Br)c(CC(Br)CBr)c1Br. The average Bonchev–Trinajstić information content (AvgIpc) is 2.33. The molecule has 0 aliphatic rings. The molecule has 6 heteroatoms. The molecule has 0 aliphatic carbocycles. The Bertz CT molecular complexity index is 433. The number of hydrogen-bond acceptors (Lipinski definition) is 1.